The van der Waals surface area contributed by atoms with Crippen molar-refractivity contribution in [3.05, 3.63) is 30.1 Å². The van der Waals surface area contributed by atoms with E-state index in [4.69, 9.17) is 4.74 Å². The number of anilines is 1. The van der Waals surface area contributed by atoms with Gasteiger partial charge in [0, 0.05) is 19.1 Å². The van der Waals surface area contributed by atoms with Crippen LogP contribution in [0.3, 0.4) is 0 Å². The maximum Gasteiger partial charge on any atom is 0.232 e. The summed E-state index contributed by atoms with van der Waals surface area (Å²) in [5, 5.41) is 12.2. The zero-order valence-corrected chi connectivity index (χ0v) is 16.6. The van der Waals surface area contributed by atoms with Crippen molar-refractivity contribution in [2.75, 3.05) is 37.0 Å². The van der Waals surface area contributed by atoms with Gasteiger partial charge in [0.15, 0.2) is 5.16 Å². The molecule has 0 bridgehead atoms. The lowest BCUT2D eigenvalue weighted by molar-refractivity contribution is -0.119. The molecule has 2 aromatic rings. The van der Waals surface area contributed by atoms with Crippen LogP contribution in [0.5, 0.6) is 0 Å². The van der Waals surface area contributed by atoms with Crippen LogP contribution in [0.1, 0.15) is 19.8 Å². The van der Waals surface area contributed by atoms with Crippen LogP contribution >= 0.6 is 11.8 Å². The number of carbonyl (C=O) groups is 1. The molecule has 1 saturated heterocycles. The van der Waals surface area contributed by atoms with Crippen molar-refractivity contribution >= 4 is 23.6 Å². The van der Waals surface area contributed by atoms with E-state index in [2.05, 4.69) is 20.4 Å². The number of thioether (sulfide) groups is 1. The van der Waals surface area contributed by atoms with Crippen LogP contribution < -0.4 is 10.2 Å². The second-order valence-corrected chi connectivity index (χ2v) is 8.12. The Labute approximate surface area is 167 Å². The Bertz CT molecular complexity index is 835. The molecule has 0 radical (unpaired) electrons. The number of morpholine rings is 1. The summed E-state index contributed by atoms with van der Waals surface area (Å²) in [7, 11) is 0. The van der Waals surface area contributed by atoms with Gasteiger partial charge in [0.1, 0.15) is 5.82 Å². The predicted octanol–water partition coefficient (Wildman–Crippen LogP) is 2.25. The van der Waals surface area contributed by atoms with E-state index in [1.54, 1.807) is 6.07 Å². The largest absolute Gasteiger partial charge is 0.378 e. The smallest absolute Gasteiger partial charge is 0.232 e. The van der Waals surface area contributed by atoms with Gasteiger partial charge >= 0.3 is 0 Å². The van der Waals surface area contributed by atoms with Crippen LogP contribution in [0.4, 0.5) is 10.3 Å². The van der Waals surface area contributed by atoms with E-state index >= 15 is 0 Å². The minimum Gasteiger partial charge on any atom is -0.378 e. The van der Waals surface area contributed by atoms with E-state index in [1.807, 2.05) is 17.6 Å². The molecule has 1 saturated carbocycles. The standard InChI is InChI=1S/C19H24FN5O2S/c1-13(14-5-6-14)21-17(26)12-28-19-23-22-18(24-7-9-27-10-8-24)25(19)16-4-2-3-15(20)11-16/h2-4,11,13-14H,5-10,12H2,1H3,(H,21,26). The van der Waals surface area contributed by atoms with Gasteiger partial charge in [-0.2, -0.15) is 0 Å². The van der Waals surface area contributed by atoms with E-state index in [0.717, 1.165) is 0 Å². The van der Waals surface area contributed by atoms with Crippen molar-refractivity contribution in [2.24, 2.45) is 5.92 Å². The van der Waals surface area contributed by atoms with Gasteiger partial charge in [0.25, 0.3) is 0 Å². The molecule has 1 N–H and O–H groups in total. The lowest BCUT2D eigenvalue weighted by atomic mass is 10.2. The number of nitrogens with zero attached hydrogens (tertiary/aromatic N) is 4. The first-order valence-electron chi connectivity index (χ1n) is 9.58. The van der Waals surface area contributed by atoms with Crippen molar-refractivity contribution < 1.29 is 13.9 Å². The molecule has 1 aliphatic carbocycles. The van der Waals surface area contributed by atoms with Gasteiger partial charge in [-0.15, -0.1) is 10.2 Å². The van der Waals surface area contributed by atoms with Crippen molar-refractivity contribution in [1.82, 2.24) is 20.1 Å². The highest BCUT2D eigenvalue weighted by atomic mass is 32.2. The molecule has 0 spiro atoms. The molecule has 1 amide bonds. The van der Waals surface area contributed by atoms with E-state index in [0.29, 0.717) is 49.0 Å². The Morgan fingerprint density at radius 3 is 2.86 bits per heavy atom. The SMILES string of the molecule is CC(NC(=O)CSc1nnc(N2CCOCC2)n1-c1cccc(F)c1)C1CC1. The van der Waals surface area contributed by atoms with Gasteiger partial charge < -0.3 is 15.0 Å². The molecule has 1 aliphatic heterocycles. The second kappa shape index (κ2) is 8.48. The molecule has 28 heavy (non-hydrogen) atoms. The molecule has 9 heteroatoms. The van der Waals surface area contributed by atoms with Crippen LogP contribution in [0.2, 0.25) is 0 Å². The Morgan fingerprint density at radius 1 is 1.36 bits per heavy atom. The average molecular weight is 405 g/mol. The highest BCUT2D eigenvalue weighted by molar-refractivity contribution is 7.99. The monoisotopic (exact) mass is 405 g/mol. The molecular weight excluding hydrogens is 381 g/mol. The first-order valence-corrected chi connectivity index (χ1v) is 10.6. The van der Waals surface area contributed by atoms with Gasteiger partial charge in [0.2, 0.25) is 11.9 Å². The van der Waals surface area contributed by atoms with Gasteiger partial charge in [-0.25, -0.2) is 4.39 Å². The van der Waals surface area contributed by atoms with E-state index in [-0.39, 0.29) is 23.5 Å². The molecule has 1 unspecified atom stereocenters. The fourth-order valence-corrected chi connectivity index (χ4v) is 4.06. The highest BCUT2D eigenvalue weighted by Gasteiger charge is 2.29. The van der Waals surface area contributed by atoms with Gasteiger partial charge in [-0.1, -0.05) is 17.8 Å². The summed E-state index contributed by atoms with van der Waals surface area (Å²) in [4.78, 5) is 14.4. The minimum absolute atomic E-state index is 0.0221. The Hall–Kier alpha value is -2.13. The molecule has 1 atom stereocenters. The average Bonchev–Trinajstić information content (AvgIpc) is 3.47. The minimum atomic E-state index is -0.328. The summed E-state index contributed by atoms with van der Waals surface area (Å²) >= 11 is 1.31. The number of halogens is 1. The van der Waals surface area contributed by atoms with Crippen molar-refractivity contribution in [2.45, 2.75) is 31.0 Å². The summed E-state index contributed by atoms with van der Waals surface area (Å²) in [6.07, 6.45) is 2.37. The van der Waals surface area contributed by atoms with Gasteiger partial charge in [0.05, 0.1) is 24.7 Å². The second-order valence-electron chi connectivity index (χ2n) is 7.18. The summed E-state index contributed by atoms with van der Waals surface area (Å²) in [5.41, 5.74) is 0.640. The molecule has 1 aromatic carbocycles. The van der Waals surface area contributed by atoms with Gasteiger partial charge in [-0.3, -0.25) is 9.36 Å². The maximum atomic E-state index is 13.8. The zero-order valence-electron chi connectivity index (χ0n) is 15.8. The maximum absolute atomic E-state index is 13.8. The highest BCUT2D eigenvalue weighted by Crippen LogP contribution is 2.32. The van der Waals surface area contributed by atoms with E-state index < -0.39 is 0 Å². The quantitative estimate of drug-likeness (QED) is 0.713. The van der Waals surface area contributed by atoms with E-state index in [9.17, 15) is 9.18 Å². The molecular formula is C19H24FN5O2S. The van der Waals surface area contributed by atoms with Crippen molar-refractivity contribution in [3.8, 4) is 5.69 Å². The van der Waals surface area contributed by atoms with Crippen LogP contribution in [0.15, 0.2) is 29.4 Å². The van der Waals surface area contributed by atoms with Crippen LogP contribution in [0, 0.1) is 11.7 Å². The summed E-state index contributed by atoms with van der Waals surface area (Å²) in [6, 6.07) is 6.54. The fourth-order valence-electron chi connectivity index (χ4n) is 3.30. The molecule has 150 valence electrons. The number of ether oxygens (including phenoxy) is 1. The Balaban J connectivity index is 1.54. The number of rotatable bonds is 7. The molecule has 1 aromatic heterocycles. The lowest BCUT2D eigenvalue weighted by Gasteiger charge is -2.27. The fraction of sp³-hybridized carbons (Fsp3) is 0.526. The van der Waals surface area contributed by atoms with Crippen LogP contribution in [0.25, 0.3) is 5.69 Å². The van der Waals surface area contributed by atoms with Crippen LogP contribution in [-0.4, -0.2) is 58.8 Å². The third kappa shape index (κ3) is 4.47. The number of carbonyl (C=O) groups excluding carboxylic acids is 1. The number of amides is 1. The third-order valence-electron chi connectivity index (χ3n) is 5.03. The van der Waals surface area contributed by atoms with Crippen molar-refractivity contribution in [3.63, 3.8) is 0 Å². The van der Waals surface area contributed by atoms with Crippen molar-refractivity contribution in [1.29, 1.82) is 0 Å². The Morgan fingerprint density at radius 2 is 2.14 bits per heavy atom. The number of hydrogen-bond acceptors (Lipinski definition) is 6. The Kier molecular flexibility index (Phi) is 5.82. The lowest BCUT2D eigenvalue weighted by Crippen LogP contribution is -2.38. The van der Waals surface area contributed by atoms with E-state index in [1.165, 1.54) is 36.7 Å². The summed E-state index contributed by atoms with van der Waals surface area (Å²) in [6.45, 7) is 4.65. The molecule has 2 heterocycles. The summed E-state index contributed by atoms with van der Waals surface area (Å²) in [5.74, 6) is 1.14. The number of aromatic nitrogens is 3. The topological polar surface area (TPSA) is 72.3 Å². The molecule has 2 aliphatic rings. The predicted molar refractivity (Wildman–Crippen MR) is 105 cm³/mol. The molecule has 4 rings (SSSR count). The first kappa shape index (κ1) is 19.2. The normalized spacial score (nSPS) is 18.1. The molecule has 7 nitrogen and oxygen atoms in total. The summed E-state index contributed by atoms with van der Waals surface area (Å²) < 4.78 is 21.1. The number of hydrogen-bond donors (Lipinski definition) is 1. The third-order valence-corrected chi connectivity index (χ3v) is 5.96. The zero-order chi connectivity index (χ0) is 19.5. The van der Waals surface area contributed by atoms with Gasteiger partial charge in [-0.05, 0) is 43.9 Å². The molecule has 2 fully saturated rings. The number of nitrogens with one attached hydrogen (secondary N) is 1. The van der Waals surface area contributed by atoms with Crippen LogP contribution in [-0.2, 0) is 9.53 Å². The first-order chi connectivity index (χ1) is 13.6. The number of benzene rings is 1.